The van der Waals surface area contributed by atoms with Crippen molar-refractivity contribution in [2.24, 2.45) is 0 Å². The van der Waals surface area contributed by atoms with Gasteiger partial charge in [0.2, 0.25) is 11.8 Å². The first-order valence-corrected chi connectivity index (χ1v) is 9.15. The molecule has 0 aliphatic rings. The van der Waals surface area contributed by atoms with Gasteiger partial charge in [-0.25, -0.2) is 0 Å². The first kappa shape index (κ1) is 17.9. The van der Waals surface area contributed by atoms with Crippen LogP contribution in [0.2, 0.25) is 0 Å². The van der Waals surface area contributed by atoms with Crippen molar-refractivity contribution in [2.45, 2.75) is 25.9 Å². The second-order valence-electron chi connectivity index (χ2n) is 5.92. The maximum absolute atomic E-state index is 12.3. The lowest BCUT2D eigenvalue weighted by atomic mass is 10.1. The molecule has 3 rings (SSSR count). The molecule has 0 spiro atoms. The van der Waals surface area contributed by atoms with Crippen molar-refractivity contribution in [1.82, 2.24) is 20.8 Å². The first-order valence-electron chi connectivity index (χ1n) is 8.27. The van der Waals surface area contributed by atoms with Gasteiger partial charge in [-0.2, -0.15) is 5.10 Å². The average molecular weight is 368 g/mol. The van der Waals surface area contributed by atoms with E-state index in [1.807, 2.05) is 47.8 Å². The van der Waals surface area contributed by atoms with Gasteiger partial charge in [0, 0.05) is 24.5 Å². The van der Waals surface area contributed by atoms with E-state index in [1.54, 1.807) is 6.20 Å². The number of carbonyl (C=O) groups excluding carboxylic acids is 2. The van der Waals surface area contributed by atoms with E-state index in [9.17, 15) is 9.59 Å². The van der Waals surface area contributed by atoms with Gasteiger partial charge in [0.1, 0.15) is 0 Å². The molecule has 1 atom stereocenters. The van der Waals surface area contributed by atoms with Crippen molar-refractivity contribution in [3.8, 4) is 11.3 Å². The molecule has 2 aromatic heterocycles. The van der Waals surface area contributed by atoms with Crippen molar-refractivity contribution in [3.63, 3.8) is 0 Å². The summed E-state index contributed by atoms with van der Waals surface area (Å²) in [5.74, 6) is -0.250. The second-order valence-corrected chi connectivity index (χ2v) is 6.90. The highest BCUT2D eigenvalue weighted by atomic mass is 32.1. The fraction of sp³-hybridized carbons (Fsp3) is 0.211. The first-order chi connectivity index (χ1) is 12.6. The summed E-state index contributed by atoms with van der Waals surface area (Å²) >= 11 is 1.53. The van der Waals surface area contributed by atoms with Gasteiger partial charge in [-0.05, 0) is 28.6 Å². The molecule has 134 valence electrons. The van der Waals surface area contributed by atoms with Gasteiger partial charge < -0.3 is 10.6 Å². The number of rotatable bonds is 7. The lowest BCUT2D eigenvalue weighted by Gasteiger charge is -2.16. The van der Waals surface area contributed by atoms with Crippen molar-refractivity contribution >= 4 is 23.2 Å². The fourth-order valence-corrected chi connectivity index (χ4v) is 3.41. The molecular weight excluding hydrogens is 348 g/mol. The van der Waals surface area contributed by atoms with E-state index in [4.69, 9.17) is 0 Å². The molecule has 26 heavy (non-hydrogen) atoms. The van der Waals surface area contributed by atoms with E-state index in [1.165, 1.54) is 18.3 Å². The molecule has 3 N–H and O–H groups in total. The number of thiophene rings is 1. The minimum atomic E-state index is -0.296. The number of H-pyrrole nitrogens is 1. The highest BCUT2D eigenvalue weighted by Crippen LogP contribution is 2.22. The van der Waals surface area contributed by atoms with Crippen LogP contribution in [-0.2, 0) is 16.1 Å². The standard InChI is InChI=1S/C19H20N4O2S/c1-13(24)22-17(18-3-2-10-26-18)11-19(25)20-12-14-4-6-15(7-5-14)16-8-9-21-23-16/h2-10,17H,11-12H2,1H3,(H,20,25)(H,21,23)(H,22,24)/t17-/m0/s1. The molecule has 2 amide bonds. The van der Waals surface area contributed by atoms with Crippen LogP contribution in [0.3, 0.4) is 0 Å². The van der Waals surface area contributed by atoms with Gasteiger partial charge in [-0.15, -0.1) is 11.3 Å². The normalized spacial score (nSPS) is 11.7. The zero-order valence-electron chi connectivity index (χ0n) is 14.4. The fourth-order valence-electron chi connectivity index (χ4n) is 2.63. The maximum atomic E-state index is 12.3. The highest BCUT2D eigenvalue weighted by Gasteiger charge is 2.17. The second kappa shape index (κ2) is 8.44. The van der Waals surface area contributed by atoms with Crippen molar-refractivity contribution in [2.75, 3.05) is 0 Å². The number of aromatic amines is 1. The molecule has 3 aromatic rings. The molecule has 1 aromatic carbocycles. The predicted octanol–water partition coefficient (Wildman–Crippen LogP) is 3.02. The van der Waals surface area contributed by atoms with Crippen LogP contribution in [0.5, 0.6) is 0 Å². The third-order valence-electron chi connectivity index (χ3n) is 3.91. The molecular formula is C19H20N4O2S. The number of carbonyl (C=O) groups is 2. The summed E-state index contributed by atoms with van der Waals surface area (Å²) in [5.41, 5.74) is 3.00. The van der Waals surface area contributed by atoms with Crippen LogP contribution in [0.1, 0.15) is 29.8 Å². The lowest BCUT2D eigenvalue weighted by Crippen LogP contribution is -2.32. The molecule has 6 nitrogen and oxygen atoms in total. The number of hydrogen-bond donors (Lipinski definition) is 3. The van der Waals surface area contributed by atoms with Crippen molar-refractivity contribution in [1.29, 1.82) is 0 Å². The minimum Gasteiger partial charge on any atom is -0.352 e. The maximum Gasteiger partial charge on any atom is 0.222 e. The topological polar surface area (TPSA) is 86.9 Å². The molecule has 0 unspecified atom stereocenters. The van der Waals surface area contributed by atoms with E-state index in [0.29, 0.717) is 6.54 Å². The Balaban J connectivity index is 1.55. The highest BCUT2D eigenvalue weighted by molar-refractivity contribution is 7.10. The largest absolute Gasteiger partial charge is 0.352 e. The van der Waals surface area contributed by atoms with Crippen LogP contribution in [0, 0.1) is 0 Å². The Bertz CT molecular complexity index is 842. The molecule has 0 saturated carbocycles. The Kier molecular flexibility index (Phi) is 5.80. The molecule has 7 heteroatoms. The van der Waals surface area contributed by atoms with Crippen molar-refractivity contribution in [3.05, 3.63) is 64.5 Å². The zero-order valence-corrected chi connectivity index (χ0v) is 15.2. The summed E-state index contributed by atoms with van der Waals surface area (Å²) in [6, 6.07) is 13.4. The van der Waals surface area contributed by atoms with Crippen LogP contribution in [0.15, 0.2) is 54.0 Å². The summed E-state index contributed by atoms with van der Waals surface area (Å²) in [7, 11) is 0. The number of amides is 2. The third-order valence-corrected chi connectivity index (χ3v) is 4.89. The van der Waals surface area contributed by atoms with Gasteiger partial charge in [0.05, 0.1) is 18.2 Å². The monoisotopic (exact) mass is 368 g/mol. The van der Waals surface area contributed by atoms with Crippen LogP contribution >= 0.6 is 11.3 Å². The average Bonchev–Trinajstić information content (AvgIpc) is 3.33. The summed E-state index contributed by atoms with van der Waals surface area (Å²) in [6.45, 7) is 1.90. The Hall–Kier alpha value is -2.93. The van der Waals surface area contributed by atoms with Crippen molar-refractivity contribution < 1.29 is 9.59 Å². The lowest BCUT2D eigenvalue weighted by molar-refractivity contribution is -0.122. The van der Waals surface area contributed by atoms with Gasteiger partial charge >= 0.3 is 0 Å². The number of hydrogen-bond acceptors (Lipinski definition) is 4. The Morgan fingerprint density at radius 2 is 2.00 bits per heavy atom. The molecule has 0 aliphatic heterocycles. The van der Waals surface area contributed by atoms with E-state index in [-0.39, 0.29) is 24.3 Å². The van der Waals surface area contributed by atoms with Gasteiger partial charge in [0.25, 0.3) is 0 Å². The number of aromatic nitrogens is 2. The van der Waals surface area contributed by atoms with Gasteiger partial charge in [0.15, 0.2) is 0 Å². The number of nitrogens with one attached hydrogen (secondary N) is 3. The van der Waals surface area contributed by atoms with E-state index >= 15 is 0 Å². The SMILES string of the molecule is CC(=O)N[C@@H](CC(=O)NCc1ccc(-c2ccn[nH]2)cc1)c1cccs1. The molecule has 0 aliphatic carbocycles. The van der Waals surface area contributed by atoms with Crippen LogP contribution in [-0.4, -0.2) is 22.0 Å². The molecule has 0 fully saturated rings. The number of nitrogens with zero attached hydrogens (tertiary/aromatic N) is 1. The number of benzene rings is 1. The Labute approximate surface area is 155 Å². The Morgan fingerprint density at radius 1 is 1.19 bits per heavy atom. The van der Waals surface area contributed by atoms with Gasteiger partial charge in [-0.1, -0.05) is 30.3 Å². The van der Waals surface area contributed by atoms with Crippen LogP contribution < -0.4 is 10.6 Å². The van der Waals surface area contributed by atoms with E-state index in [2.05, 4.69) is 20.8 Å². The summed E-state index contributed by atoms with van der Waals surface area (Å²) < 4.78 is 0. The van der Waals surface area contributed by atoms with E-state index in [0.717, 1.165) is 21.7 Å². The molecule has 0 radical (unpaired) electrons. The summed E-state index contributed by atoms with van der Waals surface area (Å²) in [4.78, 5) is 24.7. The Morgan fingerprint density at radius 3 is 2.62 bits per heavy atom. The molecule has 0 bridgehead atoms. The smallest absolute Gasteiger partial charge is 0.222 e. The van der Waals surface area contributed by atoms with Crippen LogP contribution in [0.4, 0.5) is 0 Å². The predicted molar refractivity (Wildman–Crippen MR) is 101 cm³/mol. The summed E-state index contributed by atoms with van der Waals surface area (Å²) in [5, 5.41) is 14.5. The minimum absolute atomic E-state index is 0.102. The zero-order chi connectivity index (χ0) is 18.4. The molecule has 0 saturated heterocycles. The van der Waals surface area contributed by atoms with Gasteiger partial charge in [-0.3, -0.25) is 14.7 Å². The van der Waals surface area contributed by atoms with Crippen LogP contribution in [0.25, 0.3) is 11.3 Å². The quantitative estimate of drug-likeness (QED) is 0.599. The van der Waals surface area contributed by atoms with E-state index < -0.39 is 0 Å². The molecule has 2 heterocycles. The summed E-state index contributed by atoms with van der Waals surface area (Å²) in [6.07, 6.45) is 1.93. The third kappa shape index (κ3) is 4.80.